The second-order valence-corrected chi connectivity index (χ2v) is 8.83. The van der Waals surface area contributed by atoms with Crippen LogP contribution in [-0.4, -0.2) is 31.7 Å². The molecule has 26 heavy (non-hydrogen) atoms. The summed E-state index contributed by atoms with van der Waals surface area (Å²) in [7, 11) is -3.55. The fourth-order valence-corrected chi connectivity index (χ4v) is 4.69. The summed E-state index contributed by atoms with van der Waals surface area (Å²) in [5, 5.41) is 3.33. The molecule has 0 unspecified atom stereocenters. The van der Waals surface area contributed by atoms with E-state index in [-0.39, 0.29) is 9.92 Å². The minimum absolute atomic E-state index is 0.173. The lowest BCUT2D eigenvalue weighted by molar-refractivity contribution is 0.102. The molecule has 1 amide bonds. The van der Waals surface area contributed by atoms with Crippen LogP contribution in [0.2, 0.25) is 10.0 Å². The highest BCUT2D eigenvalue weighted by Crippen LogP contribution is 2.25. The Kier molecular flexibility index (Phi) is 5.87. The summed E-state index contributed by atoms with van der Waals surface area (Å²) in [6.07, 6.45) is 2.78. The van der Waals surface area contributed by atoms with Crippen LogP contribution in [-0.2, 0) is 10.0 Å². The molecule has 2 aromatic rings. The largest absolute Gasteiger partial charge is 0.322 e. The molecule has 3 rings (SSSR count). The third kappa shape index (κ3) is 4.20. The van der Waals surface area contributed by atoms with Crippen molar-refractivity contribution < 1.29 is 13.2 Å². The number of hydrogen-bond donors (Lipinski definition) is 1. The highest BCUT2D eigenvalue weighted by molar-refractivity contribution is 7.89. The molecule has 1 heterocycles. The molecule has 1 aliphatic heterocycles. The van der Waals surface area contributed by atoms with E-state index in [1.165, 1.54) is 22.5 Å². The Labute approximate surface area is 163 Å². The summed E-state index contributed by atoms with van der Waals surface area (Å²) >= 11 is 11.8. The number of rotatable bonds is 4. The SMILES string of the molecule is O=C(Nc1cccc(S(=O)(=O)N2CCCCC2)c1)c1ccc(Cl)c(Cl)c1. The molecule has 0 aliphatic carbocycles. The average molecular weight is 413 g/mol. The third-order valence-corrected chi connectivity index (χ3v) is 6.86. The van der Waals surface area contributed by atoms with Crippen LogP contribution < -0.4 is 5.32 Å². The highest BCUT2D eigenvalue weighted by Gasteiger charge is 2.26. The van der Waals surface area contributed by atoms with Gasteiger partial charge in [-0.1, -0.05) is 35.7 Å². The molecule has 0 bridgehead atoms. The summed E-state index contributed by atoms with van der Waals surface area (Å²) in [5.74, 6) is -0.393. The minimum Gasteiger partial charge on any atom is -0.322 e. The van der Waals surface area contributed by atoms with E-state index in [1.54, 1.807) is 24.3 Å². The van der Waals surface area contributed by atoms with Crippen LogP contribution in [0, 0.1) is 0 Å². The molecule has 0 atom stereocenters. The molecule has 8 heteroatoms. The van der Waals surface area contributed by atoms with Crippen molar-refractivity contribution in [2.45, 2.75) is 24.2 Å². The Morgan fingerprint density at radius 2 is 1.69 bits per heavy atom. The van der Waals surface area contributed by atoms with Gasteiger partial charge < -0.3 is 5.32 Å². The molecule has 1 N–H and O–H groups in total. The maximum atomic E-state index is 12.8. The number of piperidine rings is 1. The monoisotopic (exact) mass is 412 g/mol. The van der Waals surface area contributed by atoms with Crippen molar-refractivity contribution in [3.63, 3.8) is 0 Å². The molecule has 2 aromatic carbocycles. The fraction of sp³-hybridized carbons (Fsp3) is 0.278. The standard InChI is InChI=1S/C18H18Cl2N2O3S/c19-16-8-7-13(11-17(16)20)18(23)21-14-5-4-6-15(12-14)26(24,25)22-9-2-1-3-10-22/h4-8,11-12H,1-3,9-10H2,(H,21,23). The van der Waals surface area contributed by atoms with Gasteiger partial charge >= 0.3 is 0 Å². The van der Waals surface area contributed by atoms with Gasteiger partial charge in [0, 0.05) is 24.3 Å². The summed E-state index contributed by atoms with van der Waals surface area (Å²) in [6.45, 7) is 1.06. The van der Waals surface area contributed by atoms with Crippen molar-refractivity contribution in [1.29, 1.82) is 0 Å². The van der Waals surface area contributed by atoms with Gasteiger partial charge in [-0.3, -0.25) is 4.79 Å². The van der Waals surface area contributed by atoms with E-state index in [4.69, 9.17) is 23.2 Å². The number of hydrogen-bond acceptors (Lipinski definition) is 3. The van der Waals surface area contributed by atoms with Crippen molar-refractivity contribution in [2.24, 2.45) is 0 Å². The van der Waals surface area contributed by atoms with E-state index >= 15 is 0 Å². The lowest BCUT2D eigenvalue weighted by atomic mass is 10.2. The van der Waals surface area contributed by atoms with Crippen LogP contribution in [0.25, 0.3) is 0 Å². The number of anilines is 1. The molecule has 0 aromatic heterocycles. The number of sulfonamides is 1. The van der Waals surface area contributed by atoms with Gasteiger partial charge in [0.2, 0.25) is 10.0 Å². The smallest absolute Gasteiger partial charge is 0.255 e. The van der Waals surface area contributed by atoms with Gasteiger partial charge in [0.15, 0.2) is 0 Å². The zero-order valence-corrected chi connectivity index (χ0v) is 16.2. The predicted molar refractivity (Wildman–Crippen MR) is 103 cm³/mol. The van der Waals surface area contributed by atoms with Crippen LogP contribution in [0.5, 0.6) is 0 Å². The topological polar surface area (TPSA) is 66.5 Å². The Morgan fingerprint density at radius 3 is 2.38 bits per heavy atom. The number of nitrogens with zero attached hydrogens (tertiary/aromatic N) is 1. The lowest BCUT2D eigenvalue weighted by Gasteiger charge is -2.26. The number of carbonyl (C=O) groups is 1. The number of benzene rings is 2. The molecule has 1 saturated heterocycles. The molecule has 0 radical (unpaired) electrons. The minimum atomic E-state index is -3.55. The molecule has 0 saturated carbocycles. The first-order chi connectivity index (χ1) is 12.4. The summed E-state index contributed by atoms with van der Waals surface area (Å²) in [5.41, 5.74) is 0.739. The van der Waals surface area contributed by atoms with Crippen LogP contribution in [0.15, 0.2) is 47.4 Å². The second kappa shape index (κ2) is 7.96. The predicted octanol–water partition coefficient (Wildman–Crippen LogP) is 4.42. The first-order valence-electron chi connectivity index (χ1n) is 8.24. The molecule has 0 spiro atoms. The van der Waals surface area contributed by atoms with Crippen LogP contribution in [0.3, 0.4) is 0 Å². The van der Waals surface area contributed by atoms with Gasteiger partial charge in [-0.05, 0) is 49.2 Å². The Bertz CT molecular complexity index is 926. The van der Waals surface area contributed by atoms with E-state index in [2.05, 4.69) is 5.32 Å². The normalized spacial score (nSPS) is 15.6. The number of nitrogens with one attached hydrogen (secondary N) is 1. The van der Waals surface area contributed by atoms with Gasteiger partial charge in [-0.2, -0.15) is 4.31 Å². The molecule has 138 valence electrons. The number of halogens is 2. The van der Waals surface area contributed by atoms with Crippen molar-refractivity contribution in [3.05, 3.63) is 58.1 Å². The second-order valence-electron chi connectivity index (χ2n) is 6.08. The van der Waals surface area contributed by atoms with Crippen LogP contribution in [0.1, 0.15) is 29.6 Å². The quantitative estimate of drug-likeness (QED) is 0.807. The van der Waals surface area contributed by atoms with Crippen LogP contribution >= 0.6 is 23.2 Å². The number of carbonyl (C=O) groups excluding carboxylic acids is 1. The van der Waals surface area contributed by atoms with Gasteiger partial charge in [-0.25, -0.2) is 8.42 Å². The molecule has 1 aliphatic rings. The first-order valence-corrected chi connectivity index (χ1v) is 10.4. The van der Waals surface area contributed by atoms with Crippen molar-refractivity contribution >= 4 is 44.8 Å². The Morgan fingerprint density at radius 1 is 0.962 bits per heavy atom. The third-order valence-electron chi connectivity index (χ3n) is 4.23. The summed E-state index contributed by atoms with van der Waals surface area (Å²) in [6, 6.07) is 10.8. The zero-order valence-electron chi connectivity index (χ0n) is 13.9. The number of amides is 1. The van der Waals surface area contributed by atoms with Gasteiger partial charge in [0.25, 0.3) is 5.91 Å². The lowest BCUT2D eigenvalue weighted by Crippen LogP contribution is -2.35. The summed E-state index contributed by atoms with van der Waals surface area (Å²) < 4.78 is 27.0. The van der Waals surface area contributed by atoms with E-state index in [9.17, 15) is 13.2 Å². The van der Waals surface area contributed by atoms with Crippen molar-refractivity contribution in [2.75, 3.05) is 18.4 Å². The Hall–Kier alpha value is -1.60. The maximum absolute atomic E-state index is 12.8. The van der Waals surface area contributed by atoms with Gasteiger partial charge in [0.1, 0.15) is 0 Å². The van der Waals surface area contributed by atoms with E-state index in [0.29, 0.717) is 29.4 Å². The zero-order chi connectivity index (χ0) is 18.7. The maximum Gasteiger partial charge on any atom is 0.255 e. The van der Waals surface area contributed by atoms with Crippen molar-refractivity contribution in [1.82, 2.24) is 4.31 Å². The molecule has 1 fully saturated rings. The van der Waals surface area contributed by atoms with Gasteiger partial charge in [-0.15, -0.1) is 0 Å². The molecule has 5 nitrogen and oxygen atoms in total. The van der Waals surface area contributed by atoms with E-state index in [1.807, 2.05) is 0 Å². The van der Waals surface area contributed by atoms with Gasteiger partial charge in [0.05, 0.1) is 14.9 Å². The average Bonchev–Trinajstić information content (AvgIpc) is 2.65. The first kappa shape index (κ1) is 19.2. The summed E-state index contributed by atoms with van der Waals surface area (Å²) in [4.78, 5) is 12.5. The van der Waals surface area contributed by atoms with Crippen molar-refractivity contribution in [3.8, 4) is 0 Å². The van der Waals surface area contributed by atoms with E-state index in [0.717, 1.165) is 19.3 Å². The molecular weight excluding hydrogens is 395 g/mol. The highest BCUT2D eigenvalue weighted by atomic mass is 35.5. The molecular formula is C18H18Cl2N2O3S. The Balaban J connectivity index is 1.80. The fourth-order valence-electron chi connectivity index (χ4n) is 2.83. The van der Waals surface area contributed by atoms with Crippen LogP contribution in [0.4, 0.5) is 5.69 Å². The van der Waals surface area contributed by atoms with E-state index < -0.39 is 15.9 Å².